The molecule has 0 aliphatic heterocycles. The number of benzene rings is 2. The number of rotatable bonds is 5. The minimum Gasteiger partial charge on any atom is -0.392 e. The van der Waals surface area contributed by atoms with Crippen molar-refractivity contribution < 1.29 is 14.6 Å². The first-order valence-corrected chi connectivity index (χ1v) is 11.7. The molecule has 1 unspecified atom stereocenters. The van der Waals surface area contributed by atoms with E-state index in [1.165, 1.54) is 25.3 Å². The first-order valence-electron chi connectivity index (χ1n) is 9.99. The van der Waals surface area contributed by atoms with Gasteiger partial charge in [0.25, 0.3) is 7.52 Å². The molecule has 2 aromatic carbocycles. The third-order valence-corrected chi connectivity index (χ3v) is 6.77. The largest absolute Gasteiger partial charge is 0.392 e. The third-order valence-electron chi connectivity index (χ3n) is 5.64. The van der Waals surface area contributed by atoms with Gasteiger partial charge in [-0.3, -0.25) is 10.1 Å². The lowest BCUT2D eigenvalue weighted by molar-refractivity contribution is 0.282. The molecule has 1 atom stereocenters. The molecule has 1 saturated carbocycles. The van der Waals surface area contributed by atoms with Crippen LogP contribution in [0.3, 0.4) is 0 Å². The summed E-state index contributed by atoms with van der Waals surface area (Å²) in [4.78, 5) is 9.77. The molecule has 4 N–H and O–H groups in total. The topological polar surface area (TPSA) is 101 Å². The molecule has 0 saturated heterocycles. The maximum absolute atomic E-state index is 11.9. The van der Waals surface area contributed by atoms with Gasteiger partial charge in [0.05, 0.1) is 29.0 Å². The van der Waals surface area contributed by atoms with E-state index in [1.807, 2.05) is 35.0 Å². The van der Waals surface area contributed by atoms with Crippen LogP contribution in [0.1, 0.15) is 49.3 Å². The van der Waals surface area contributed by atoms with Crippen molar-refractivity contribution in [2.24, 2.45) is 5.50 Å². The van der Waals surface area contributed by atoms with E-state index in [-0.39, 0.29) is 11.9 Å². The fourth-order valence-corrected chi connectivity index (χ4v) is 4.99. The normalized spacial score (nSPS) is 17.2. The van der Waals surface area contributed by atoms with Crippen LogP contribution in [-0.4, -0.2) is 19.8 Å². The quantitative estimate of drug-likeness (QED) is 0.554. The van der Waals surface area contributed by atoms with Crippen molar-refractivity contribution in [3.05, 3.63) is 65.9 Å². The molecule has 1 aliphatic carbocycles. The van der Waals surface area contributed by atoms with Crippen LogP contribution in [0.2, 0.25) is 0 Å². The molecule has 0 amide bonds. The van der Waals surface area contributed by atoms with E-state index in [0.29, 0.717) is 11.5 Å². The Kier molecular flexibility index (Phi) is 5.70. The average Bonchev–Trinajstić information content (AvgIpc) is 3.19. The van der Waals surface area contributed by atoms with Crippen molar-refractivity contribution in [2.45, 2.75) is 44.6 Å². The number of aliphatic hydroxyl groups excluding tert-OH is 1. The summed E-state index contributed by atoms with van der Waals surface area (Å²) in [6, 6.07) is 17.1. The Labute approximate surface area is 170 Å². The molecular weight excluding hydrogens is 385 g/mol. The number of nitrogens with two attached hydrogens (primary N) is 1. The predicted octanol–water partition coefficient (Wildman–Crippen LogP) is 3.85. The van der Waals surface area contributed by atoms with Crippen LogP contribution in [0.25, 0.3) is 16.9 Å². The van der Waals surface area contributed by atoms with E-state index >= 15 is 0 Å². The van der Waals surface area contributed by atoms with Crippen LogP contribution >= 0.6 is 7.52 Å². The van der Waals surface area contributed by atoms with Crippen LogP contribution in [0, 0.1) is 0 Å². The van der Waals surface area contributed by atoms with Gasteiger partial charge in [-0.05, 0) is 42.7 Å². The van der Waals surface area contributed by atoms with E-state index in [2.05, 4.69) is 6.07 Å². The molecule has 1 aliphatic rings. The van der Waals surface area contributed by atoms with Gasteiger partial charge in [-0.25, -0.2) is 4.68 Å². The highest BCUT2D eigenvalue weighted by atomic mass is 31.2. The van der Waals surface area contributed by atoms with Gasteiger partial charge in [-0.1, -0.05) is 49.6 Å². The van der Waals surface area contributed by atoms with Crippen molar-refractivity contribution >= 4 is 12.8 Å². The van der Waals surface area contributed by atoms with Crippen molar-refractivity contribution in [1.29, 1.82) is 0 Å². The Morgan fingerprint density at radius 3 is 2.45 bits per heavy atom. The summed E-state index contributed by atoms with van der Waals surface area (Å²) in [5.41, 5.74) is 9.57. The second-order valence-electron chi connectivity index (χ2n) is 7.66. The average molecular weight is 411 g/mol. The van der Waals surface area contributed by atoms with Crippen LogP contribution < -0.4 is 10.8 Å². The maximum atomic E-state index is 11.9. The van der Waals surface area contributed by atoms with Crippen LogP contribution in [0.15, 0.2) is 54.6 Å². The Bertz CT molecular complexity index is 1040. The number of aromatic nitrogens is 2. The lowest BCUT2D eigenvalue weighted by atomic mass is 9.87. The number of hydrogen-bond donors (Lipinski definition) is 3. The summed E-state index contributed by atoms with van der Waals surface area (Å²) in [5, 5.41) is 14.7. The Morgan fingerprint density at radius 1 is 1.07 bits per heavy atom. The Balaban J connectivity index is 1.84. The molecule has 3 aromatic rings. The maximum Gasteiger partial charge on any atom is 0.294 e. The fraction of sp³-hybridized carbons (Fsp3) is 0.318. The predicted molar refractivity (Wildman–Crippen MR) is 114 cm³/mol. The van der Waals surface area contributed by atoms with E-state index < -0.39 is 7.52 Å². The van der Waals surface area contributed by atoms with Crippen LogP contribution in [0.4, 0.5) is 0 Å². The highest BCUT2D eigenvalue weighted by molar-refractivity contribution is 7.63. The van der Waals surface area contributed by atoms with Crippen molar-refractivity contribution in [3.63, 3.8) is 0 Å². The smallest absolute Gasteiger partial charge is 0.294 e. The monoisotopic (exact) mass is 411 g/mol. The highest BCUT2D eigenvalue weighted by Crippen LogP contribution is 2.36. The van der Waals surface area contributed by atoms with E-state index in [1.54, 1.807) is 12.1 Å². The highest BCUT2D eigenvalue weighted by Gasteiger charge is 2.23. The first kappa shape index (κ1) is 20.0. The fourth-order valence-electron chi connectivity index (χ4n) is 4.15. The molecule has 1 fully saturated rings. The summed E-state index contributed by atoms with van der Waals surface area (Å²) in [7, 11) is -3.96. The lowest BCUT2D eigenvalue weighted by Crippen LogP contribution is -2.17. The summed E-state index contributed by atoms with van der Waals surface area (Å²) in [6.45, 7) is -0.373. The molecular formula is C22H26N3O3P. The van der Waals surface area contributed by atoms with Gasteiger partial charge in [0.15, 0.2) is 0 Å². The van der Waals surface area contributed by atoms with Gasteiger partial charge in [0, 0.05) is 11.5 Å². The zero-order valence-corrected chi connectivity index (χ0v) is 17.1. The molecule has 0 spiro atoms. The molecule has 1 heterocycles. The van der Waals surface area contributed by atoms with Gasteiger partial charge in [0.2, 0.25) is 0 Å². The summed E-state index contributed by atoms with van der Waals surface area (Å²) < 4.78 is 13.8. The van der Waals surface area contributed by atoms with Gasteiger partial charge in [0.1, 0.15) is 0 Å². The molecule has 4 rings (SSSR count). The zero-order valence-electron chi connectivity index (χ0n) is 16.2. The van der Waals surface area contributed by atoms with Gasteiger partial charge in [-0.2, -0.15) is 5.10 Å². The van der Waals surface area contributed by atoms with Crippen LogP contribution in [-0.2, 0) is 11.2 Å². The lowest BCUT2D eigenvalue weighted by Gasteiger charge is -2.19. The summed E-state index contributed by atoms with van der Waals surface area (Å²) in [6.07, 6.45) is 6.03. The van der Waals surface area contributed by atoms with Gasteiger partial charge < -0.3 is 10.00 Å². The second kappa shape index (κ2) is 8.25. The summed E-state index contributed by atoms with van der Waals surface area (Å²) in [5.74, 6) is 0.450. The molecule has 152 valence electrons. The van der Waals surface area contributed by atoms with E-state index in [9.17, 15) is 14.6 Å². The second-order valence-corrected chi connectivity index (χ2v) is 9.39. The Morgan fingerprint density at radius 2 is 1.79 bits per heavy atom. The van der Waals surface area contributed by atoms with Gasteiger partial charge in [-0.15, -0.1) is 0 Å². The Hall–Kier alpha value is -2.24. The molecule has 0 radical (unpaired) electrons. The summed E-state index contributed by atoms with van der Waals surface area (Å²) >= 11 is 0. The zero-order chi connectivity index (χ0) is 20.4. The van der Waals surface area contributed by atoms with Crippen molar-refractivity contribution in [3.8, 4) is 16.9 Å². The van der Waals surface area contributed by atoms with E-state index in [4.69, 9.17) is 10.6 Å². The molecule has 1 aromatic heterocycles. The minimum atomic E-state index is -3.96. The van der Waals surface area contributed by atoms with Crippen molar-refractivity contribution in [2.75, 3.05) is 0 Å². The number of nitrogens with zero attached hydrogens (tertiary/aromatic N) is 2. The molecule has 7 heteroatoms. The molecule has 29 heavy (non-hydrogen) atoms. The number of hydrogen-bond acceptors (Lipinski definition) is 3. The molecule has 6 nitrogen and oxygen atoms in total. The van der Waals surface area contributed by atoms with Crippen LogP contribution in [0.5, 0.6) is 0 Å². The van der Waals surface area contributed by atoms with E-state index in [0.717, 1.165) is 35.5 Å². The minimum absolute atomic E-state index is 0.0738. The molecule has 0 bridgehead atoms. The SMILES string of the molecule is NP(=O)(O)c1ccc(-n2nc(C3CCCCC3)cc2-c2ccccc2)cc1CO. The number of aliphatic hydroxyl groups is 1. The van der Waals surface area contributed by atoms with Gasteiger partial charge >= 0.3 is 0 Å². The van der Waals surface area contributed by atoms with Crippen molar-refractivity contribution in [1.82, 2.24) is 9.78 Å². The standard InChI is InChI=1S/C22H26N3O3P/c23-29(27,28)22-12-11-19(13-18(22)15-26)25-21(17-9-5-2-6-10-17)14-20(24-25)16-7-3-1-4-8-16/h2,5-6,9-14,16,26H,1,3-4,7-8,15H2,(H3,23,27,28). The first-order chi connectivity index (χ1) is 14.0. The third kappa shape index (κ3) is 4.21.